The van der Waals surface area contributed by atoms with Gasteiger partial charge in [0.05, 0.1) is 6.04 Å². The summed E-state index contributed by atoms with van der Waals surface area (Å²) in [6, 6.07) is 10.6. The van der Waals surface area contributed by atoms with Gasteiger partial charge in [0, 0.05) is 24.0 Å². The maximum absolute atomic E-state index is 8.47. The van der Waals surface area contributed by atoms with E-state index in [0.29, 0.717) is 24.3 Å². The lowest BCUT2D eigenvalue weighted by Crippen LogP contribution is -2.41. The second-order valence-electron chi connectivity index (χ2n) is 5.32. The van der Waals surface area contributed by atoms with Crippen molar-refractivity contribution in [2.45, 2.75) is 31.5 Å². The molecule has 3 rings (SSSR count). The number of nitrogens with zero attached hydrogens (tertiary/aromatic N) is 5. The summed E-state index contributed by atoms with van der Waals surface area (Å²) in [6.07, 6.45) is 1.99. The maximum atomic E-state index is 8.47. The minimum Gasteiger partial charge on any atom is -0.342 e. The minimum atomic E-state index is 0.204. The van der Waals surface area contributed by atoms with Crippen LogP contribution in [0.3, 0.4) is 0 Å². The molecule has 2 aliphatic heterocycles. The van der Waals surface area contributed by atoms with Gasteiger partial charge >= 0.3 is 0 Å². The molecule has 0 saturated carbocycles. The van der Waals surface area contributed by atoms with Gasteiger partial charge < -0.3 is 4.90 Å². The van der Waals surface area contributed by atoms with Gasteiger partial charge in [0.1, 0.15) is 6.61 Å². The van der Waals surface area contributed by atoms with E-state index in [1.165, 1.54) is 0 Å². The quantitative estimate of drug-likeness (QED) is 0.363. The summed E-state index contributed by atoms with van der Waals surface area (Å²) < 4.78 is 0. The van der Waals surface area contributed by atoms with Gasteiger partial charge in [-0.05, 0) is 36.2 Å². The van der Waals surface area contributed by atoms with Crippen molar-refractivity contribution in [2.24, 2.45) is 5.11 Å². The molecule has 0 radical (unpaired) electrons. The summed E-state index contributed by atoms with van der Waals surface area (Å²) in [5, 5.41) is 6.26. The van der Waals surface area contributed by atoms with E-state index in [-0.39, 0.29) is 6.04 Å². The van der Waals surface area contributed by atoms with Crippen molar-refractivity contribution in [1.82, 2.24) is 9.96 Å². The lowest BCUT2D eigenvalue weighted by Gasteiger charge is -2.30. The largest absolute Gasteiger partial charge is 0.342 e. The molecule has 0 unspecified atom stereocenters. The molecule has 2 saturated heterocycles. The van der Waals surface area contributed by atoms with E-state index in [1.54, 1.807) is 0 Å². The van der Waals surface area contributed by atoms with E-state index in [0.717, 1.165) is 24.9 Å². The molecule has 110 valence electrons. The number of benzene rings is 1. The van der Waals surface area contributed by atoms with Crippen LogP contribution in [0.2, 0.25) is 0 Å². The highest BCUT2D eigenvalue weighted by atomic mass is 32.1. The van der Waals surface area contributed by atoms with Crippen LogP contribution in [-0.4, -0.2) is 40.2 Å². The zero-order valence-corrected chi connectivity index (χ0v) is 12.4. The number of hydrogen-bond acceptors (Lipinski definition) is 3. The average Bonchev–Trinajstić information content (AvgIpc) is 2.78. The van der Waals surface area contributed by atoms with Crippen LogP contribution >= 0.6 is 12.2 Å². The minimum absolute atomic E-state index is 0.204. The highest BCUT2D eigenvalue weighted by Crippen LogP contribution is 2.30. The van der Waals surface area contributed by atoms with Crippen LogP contribution in [0.5, 0.6) is 0 Å². The smallest absolute Gasteiger partial charge is 0.196 e. The van der Waals surface area contributed by atoms with Gasteiger partial charge in [0.15, 0.2) is 5.11 Å². The number of fused-ring (bicyclic) bond motifs is 2. The van der Waals surface area contributed by atoms with E-state index >= 15 is 0 Å². The molecule has 0 amide bonds. The Hall–Kier alpha value is -1.82. The molecule has 1 aromatic rings. The summed E-state index contributed by atoms with van der Waals surface area (Å²) in [5.41, 5.74) is 9.59. The van der Waals surface area contributed by atoms with Crippen molar-refractivity contribution in [1.29, 1.82) is 0 Å². The van der Waals surface area contributed by atoms with Crippen LogP contribution in [0, 0.1) is 0 Å². The van der Waals surface area contributed by atoms with Crippen LogP contribution in [0.4, 0.5) is 0 Å². The van der Waals surface area contributed by atoms with Gasteiger partial charge in [0.25, 0.3) is 0 Å². The van der Waals surface area contributed by atoms with Crippen LogP contribution in [0.25, 0.3) is 10.4 Å². The van der Waals surface area contributed by atoms with Gasteiger partial charge in [-0.15, -0.1) is 0 Å². The first-order valence-electron chi connectivity index (χ1n) is 7.07. The zero-order chi connectivity index (χ0) is 14.7. The van der Waals surface area contributed by atoms with Crippen molar-refractivity contribution in [3.05, 3.63) is 46.3 Å². The molecule has 0 spiro atoms. The summed E-state index contributed by atoms with van der Waals surface area (Å²) in [6.45, 7) is 1.85. The Kier molecular flexibility index (Phi) is 4.24. The summed E-state index contributed by atoms with van der Waals surface area (Å²) in [7, 11) is 0. The maximum Gasteiger partial charge on any atom is 0.196 e. The summed E-state index contributed by atoms with van der Waals surface area (Å²) in [4.78, 5) is 10.9. The molecule has 2 aliphatic rings. The van der Waals surface area contributed by atoms with Crippen molar-refractivity contribution < 1.29 is 4.84 Å². The highest BCUT2D eigenvalue weighted by molar-refractivity contribution is 7.80. The van der Waals surface area contributed by atoms with Crippen LogP contribution in [0.1, 0.15) is 18.4 Å². The fraction of sp³-hybridized carbons (Fsp3) is 0.500. The Morgan fingerprint density at radius 1 is 1.33 bits per heavy atom. The van der Waals surface area contributed by atoms with Gasteiger partial charge in [0.2, 0.25) is 0 Å². The second kappa shape index (κ2) is 6.30. The number of hydroxylamine groups is 2. The predicted octanol–water partition coefficient (Wildman–Crippen LogP) is 2.86. The highest BCUT2D eigenvalue weighted by Gasteiger charge is 2.42. The first kappa shape index (κ1) is 14.1. The van der Waals surface area contributed by atoms with Crippen molar-refractivity contribution >= 4 is 17.3 Å². The third-order valence-corrected chi connectivity index (χ3v) is 4.43. The zero-order valence-electron chi connectivity index (χ0n) is 11.6. The molecule has 7 heteroatoms. The molecule has 2 atom stereocenters. The molecule has 0 aromatic heterocycles. The standard InChI is InChI=1S/C14H17N5OS/c15-17-16-8-12-6-7-13-9-18(12)14(21)19(13)20-10-11-4-2-1-3-5-11/h1-5,12-13H,6-10H2/t12-,13+/m0/s1. The molecule has 0 aliphatic carbocycles. The fourth-order valence-electron chi connectivity index (χ4n) is 2.92. The van der Waals surface area contributed by atoms with Gasteiger partial charge in [-0.1, -0.05) is 35.4 Å². The normalized spacial score (nSPS) is 24.1. The summed E-state index contributed by atoms with van der Waals surface area (Å²) >= 11 is 5.51. The molecule has 0 N–H and O–H groups in total. The van der Waals surface area contributed by atoms with Crippen LogP contribution in [-0.2, 0) is 11.4 Å². The topological polar surface area (TPSA) is 64.5 Å². The van der Waals surface area contributed by atoms with Crippen molar-refractivity contribution in [3.8, 4) is 0 Å². The van der Waals surface area contributed by atoms with Crippen LogP contribution < -0.4 is 0 Å². The Bertz CT molecular complexity index is 560. The number of azide groups is 1. The first-order valence-corrected chi connectivity index (χ1v) is 7.48. The number of piperidine rings is 1. The molecule has 2 bridgehead atoms. The number of rotatable bonds is 5. The SMILES string of the molecule is [N-]=[N+]=NC[C@@H]1CC[C@@H]2CN1C(=S)N2OCc1ccccc1. The molecule has 2 fully saturated rings. The van der Waals surface area contributed by atoms with E-state index in [2.05, 4.69) is 14.9 Å². The van der Waals surface area contributed by atoms with Gasteiger partial charge in [-0.2, -0.15) is 0 Å². The molecule has 6 nitrogen and oxygen atoms in total. The lowest BCUT2D eigenvalue weighted by atomic mass is 10.0. The third kappa shape index (κ3) is 2.95. The Balaban J connectivity index is 1.63. The van der Waals surface area contributed by atoms with E-state index in [1.807, 2.05) is 35.4 Å². The van der Waals surface area contributed by atoms with E-state index in [9.17, 15) is 0 Å². The second-order valence-corrected chi connectivity index (χ2v) is 5.68. The monoisotopic (exact) mass is 303 g/mol. The lowest BCUT2D eigenvalue weighted by molar-refractivity contribution is -0.127. The Labute approximate surface area is 128 Å². The number of hydrogen-bond donors (Lipinski definition) is 0. The Morgan fingerprint density at radius 2 is 2.14 bits per heavy atom. The van der Waals surface area contributed by atoms with Gasteiger partial charge in [-0.25, -0.2) is 5.06 Å². The average molecular weight is 303 g/mol. The predicted molar refractivity (Wildman–Crippen MR) is 83.2 cm³/mol. The van der Waals surface area contributed by atoms with Gasteiger partial charge in [-0.3, -0.25) is 4.84 Å². The molecular weight excluding hydrogens is 286 g/mol. The number of thiocarbonyl (C=S) groups is 1. The van der Waals surface area contributed by atoms with Crippen molar-refractivity contribution in [2.75, 3.05) is 13.1 Å². The van der Waals surface area contributed by atoms with E-state index in [4.69, 9.17) is 22.6 Å². The molecule has 2 heterocycles. The van der Waals surface area contributed by atoms with Crippen LogP contribution in [0.15, 0.2) is 35.4 Å². The molecular formula is C14H17N5OS. The third-order valence-electron chi connectivity index (χ3n) is 4.02. The van der Waals surface area contributed by atoms with E-state index < -0.39 is 0 Å². The fourth-order valence-corrected chi connectivity index (χ4v) is 3.34. The Morgan fingerprint density at radius 3 is 2.90 bits per heavy atom. The first-order chi connectivity index (χ1) is 10.3. The summed E-state index contributed by atoms with van der Waals surface area (Å²) in [5.74, 6) is 0. The van der Waals surface area contributed by atoms with Crippen molar-refractivity contribution in [3.63, 3.8) is 0 Å². The molecule has 1 aromatic carbocycles. The molecule has 21 heavy (non-hydrogen) atoms.